The van der Waals surface area contributed by atoms with Crippen LogP contribution in [0, 0.1) is 5.41 Å². The van der Waals surface area contributed by atoms with Crippen molar-refractivity contribution in [1.82, 2.24) is 0 Å². The van der Waals surface area contributed by atoms with Gasteiger partial charge in [-0.25, -0.2) is 0 Å². The number of benzene rings is 1. The summed E-state index contributed by atoms with van der Waals surface area (Å²) in [6.45, 7) is 6.08. The third-order valence-corrected chi connectivity index (χ3v) is 2.59. The van der Waals surface area contributed by atoms with Gasteiger partial charge >= 0.3 is 0 Å². The van der Waals surface area contributed by atoms with E-state index >= 15 is 0 Å². The minimum atomic E-state index is -0.221. The van der Waals surface area contributed by atoms with E-state index < -0.39 is 0 Å². The van der Waals surface area contributed by atoms with Gasteiger partial charge in [-0.15, -0.1) is 0 Å². The molecular weight excluding hydrogens is 198 g/mol. The lowest BCUT2D eigenvalue weighted by atomic mass is 9.83. The average molecular weight is 214 g/mol. The molecule has 2 nitrogen and oxygen atoms in total. The number of phenolic OH excluding ortho intramolecular Hbond substituents is 1. The van der Waals surface area contributed by atoms with Gasteiger partial charge in [0, 0.05) is 11.6 Å². The summed E-state index contributed by atoms with van der Waals surface area (Å²) in [6, 6.07) is 5.02. The quantitative estimate of drug-likeness (QED) is 0.753. The standard InChI is InChI=1S/C11H16ClNO/c1-11(2,3)10(13)7-5-4-6-8(12)9(7)14/h4-6,10,14H,13H2,1-3H3/t10-/m0/s1. The zero-order valence-electron chi connectivity index (χ0n) is 8.71. The van der Waals surface area contributed by atoms with Crippen LogP contribution in [0.2, 0.25) is 5.02 Å². The van der Waals surface area contributed by atoms with Gasteiger partial charge in [0.05, 0.1) is 5.02 Å². The highest BCUT2D eigenvalue weighted by atomic mass is 35.5. The summed E-state index contributed by atoms with van der Waals surface area (Å²) in [5.74, 6) is 0.0941. The first-order valence-electron chi connectivity index (χ1n) is 4.57. The third-order valence-electron chi connectivity index (χ3n) is 2.29. The number of hydrogen-bond acceptors (Lipinski definition) is 2. The zero-order valence-corrected chi connectivity index (χ0v) is 9.47. The Bertz CT molecular complexity index is 331. The van der Waals surface area contributed by atoms with E-state index in [0.717, 1.165) is 0 Å². The van der Waals surface area contributed by atoms with E-state index in [2.05, 4.69) is 0 Å². The summed E-state index contributed by atoms with van der Waals surface area (Å²) < 4.78 is 0. The Balaban J connectivity index is 3.14. The number of aromatic hydroxyl groups is 1. The number of halogens is 1. The molecule has 0 saturated carbocycles. The van der Waals surface area contributed by atoms with E-state index in [1.807, 2.05) is 20.8 Å². The van der Waals surface area contributed by atoms with Crippen LogP contribution in [0.15, 0.2) is 18.2 Å². The van der Waals surface area contributed by atoms with E-state index in [-0.39, 0.29) is 17.2 Å². The van der Waals surface area contributed by atoms with E-state index in [1.165, 1.54) is 0 Å². The Morgan fingerprint density at radius 1 is 1.36 bits per heavy atom. The van der Waals surface area contributed by atoms with Gasteiger partial charge in [-0.05, 0) is 11.5 Å². The second kappa shape index (κ2) is 3.79. The fourth-order valence-corrected chi connectivity index (χ4v) is 1.43. The summed E-state index contributed by atoms with van der Waals surface area (Å²) in [5.41, 5.74) is 6.63. The van der Waals surface area contributed by atoms with E-state index in [0.29, 0.717) is 10.6 Å². The molecule has 0 aliphatic heterocycles. The lowest BCUT2D eigenvalue weighted by Gasteiger charge is -2.28. The Morgan fingerprint density at radius 3 is 2.43 bits per heavy atom. The van der Waals surface area contributed by atoms with E-state index in [9.17, 15) is 5.11 Å². The SMILES string of the molecule is CC(C)(C)[C@@H](N)c1cccc(Cl)c1O. The van der Waals surface area contributed by atoms with E-state index in [4.69, 9.17) is 17.3 Å². The Morgan fingerprint density at radius 2 is 1.93 bits per heavy atom. The van der Waals surface area contributed by atoms with Crippen molar-refractivity contribution in [3.05, 3.63) is 28.8 Å². The predicted molar refractivity (Wildman–Crippen MR) is 59.5 cm³/mol. The molecule has 0 saturated heterocycles. The Labute approximate surface area is 89.7 Å². The second-order valence-electron chi connectivity index (χ2n) is 4.52. The van der Waals surface area contributed by atoms with Crippen LogP contribution in [-0.2, 0) is 0 Å². The van der Waals surface area contributed by atoms with E-state index in [1.54, 1.807) is 18.2 Å². The summed E-state index contributed by atoms with van der Waals surface area (Å²) in [6.07, 6.45) is 0. The molecule has 0 aliphatic rings. The Kier molecular flexibility index (Phi) is 3.07. The first kappa shape index (κ1) is 11.3. The Hall–Kier alpha value is -0.730. The molecule has 0 bridgehead atoms. The van der Waals surface area contributed by atoms with Crippen molar-refractivity contribution in [1.29, 1.82) is 0 Å². The molecule has 1 rings (SSSR count). The fourth-order valence-electron chi connectivity index (χ4n) is 1.25. The topological polar surface area (TPSA) is 46.2 Å². The van der Waals surface area contributed by atoms with Gasteiger partial charge in [0.1, 0.15) is 5.75 Å². The van der Waals surface area contributed by atoms with Gasteiger partial charge in [-0.2, -0.15) is 0 Å². The smallest absolute Gasteiger partial charge is 0.138 e. The van der Waals surface area contributed by atoms with Crippen molar-refractivity contribution < 1.29 is 5.11 Å². The first-order chi connectivity index (χ1) is 6.34. The predicted octanol–water partition coefficient (Wildman–Crippen LogP) is 3.09. The molecule has 1 aromatic carbocycles. The molecule has 0 radical (unpaired) electrons. The van der Waals surface area contributed by atoms with Crippen molar-refractivity contribution >= 4 is 11.6 Å². The summed E-state index contributed by atoms with van der Waals surface area (Å²) in [4.78, 5) is 0. The maximum Gasteiger partial charge on any atom is 0.138 e. The lowest BCUT2D eigenvalue weighted by Crippen LogP contribution is -2.26. The van der Waals surface area contributed by atoms with Crippen LogP contribution < -0.4 is 5.73 Å². The summed E-state index contributed by atoms with van der Waals surface area (Å²) in [5, 5.41) is 10.1. The molecule has 1 atom stereocenters. The highest BCUT2D eigenvalue weighted by molar-refractivity contribution is 6.32. The second-order valence-corrected chi connectivity index (χ2v) is 4.93. The summed E-state index contributed by atoms with van der Waals surface area (Å²) in [7, 11) is 0. The first-order valence-corrected chi connectivity index (χ1v) is 4.95. The van der Waals surface area contributed by atoms with Crippen molar-refractivity contribution in [2.24, 2.45) is 11.1 Å². The van der Waals surface area contributed by atoms with Crippen molar-refractivity contribution in [2.75, 3.05) is 0 Å². The van der Waals surface area contributed by atoms with Gasteiger partial charge in [0.2, 0.25) is 0 Å². The van der Waals surface area contributed by atoms with Crippen LogP contribution in [-0.4, -0.2) is 5.11 Å². The third kappa shape index (κ3) is 2.20. The molecule has 0 aliphatic carbocycles. The number of nitrogens with two attached hydrogens (primary N) is 1. The molecule has 3 N–H and O–H groups in total. The van der Waals surface area contributed by atoms with Gasteiger partial charge in [-0.3, -0.25) is 0 Å². The maximum atomic E-state index is 9.72. The molecule has 3 heteroatoms. The number of para-hydroxylation sites is 1. The molecule has 14 heavy (non-hydrogen) atoms. The number of rotatable bonds is 1. The summed E-state index contributed by atoms with van der Waals surface area (Å²) >= 11 is 5.80. The molecule has 1 aromatic rings. The molecule has 0 heterocycles. The van der Waals surface area contributed by atoms with Gasteiger partial charge < -0.3 is 10.8 Å². The van der Waals surface area contributed by atoms with Crippen LogP contribution in [0.3, 0.4) is 0 Å². The average Bonchev–Trinajstić information content (AvgIpc) is 2.07. The molecule has 0 fully saturated rings. The minimum Gasteiger partial charge on any atom is -0.506 e. The van der Waals surface area contributed by atoms with Crippen LogP contribution in [0.1, 0.15) is 32.4 Å². The number of hydrogen-bond donors (Lipinski definition) is 2. The molecular formula is C11H16ClNO. The van der Waals surface area contributed by atoms with Gasteiger partial charge in [0.25, 0.3) is 0 Å². The highest BCUT2D eigenvalue weighted by Crippen LogP contribution is 2.38. The highest BCUT2D eigenvalue weighted by Gasteiger charge is 2.25. The minimum absolute atomic E-state index is 0.0941. The van der Waals surface area contributed by atoms with Crippen LogP contribution in [0.4, 0.5) is 0 Å². The number of phenols is 1. The van der Waals surface area contributed by atoms with Crippen molar-refractivity contribution in [3.63, 3.8) is 0 Å². The van der Waals surface area contributed by atoms with Crippen LogP contribution >= 0.6 is 11.6 Å². The molecule has 0 unspecified atom stereocenters. The zero-order chi connectivity index (χ0) is 10.9. The van der Waals surface area contributed by atoms with Gasteiger partial charge in [-0.1, -0.05) is 44.5 Å². The fraction of sp³-hybridized carbons (Fsp3) is 0.455. The van der Waals surface area contributed by atoms with Gasteiger partial charge in [0.15, 0.2) is 0 Å². The van der Waals surface area contributed by atoms with Crippen LogP contribution in [0.5, 0.6) is 5.75 Å². The van der Waals surface area contributed by atoms with Crippen molar-refractivity contribution in [3.8, 4) is 5.75 Å². The molecule has 0 spiro atoms. The van der Waals surface area contributed by atoms with Crippen molar-refractivity contribution in [2.45, 2.75) is 26.8 Å². The van der Waals surface area contributed by atoms with Crippen LogP contribution in [0.25, 0.3) is 0 Å². The molecule has 78 valence electrons. The largest absolute Gasteiger partial charge is 0.506 e. The lowest BCUT2D eigenvalue weighted by molar-refractivity contribution is 0.318. The molecule has 0 aromatic heterocycles. The maximum absolute atomic E-state index is 9.72. The monoisotopic (exact) mass is 213 g/mol. The molecule has 0 amide bonds. The normalized spacial score (nSPS) is 14.1.